The Bertz CT molecular complexity index is 792. The number of aromatic nitrogens is 3. The van der Waals surface area contributed by atoms with Crippen LogP contribution < -0.4 is 4.72 Å². The van der Waals surface area contributed by atoms with E-state index in [1.165, 1.54) is 5.38 Å². The van der Waals surface area contributed by atoms with Crippen LogP contribution in [0.25, 0.3) is 0 Å². The number of sulfonamides is 1. The van der Waals surface area contributed by atoms with Crippen LogP contribution in [0, 0.1) is 0 Å². The van der Waals surface area contributed by atoms with Gasteiger partial charge in [-0.15, -0.1) is 21.5 Å². The van der Waals surface area contributed by atoms with Gasteiger partial charge in [0.25, 0.3) is 0 Å². The van der Waals surface area contributed by atoms with E-state index in [0.29, 0.717) is 12.5 Å². The van der Waals surface area contributed by atoms with Gasteiger partial charge in [0, 0.05) is 24.4 Å². The Balaban J connectivity index is 1.62. The standard InChI is InChI=1S/C12H14N4O4S2/c17-12(18)10-5-9(6-21-10)22(19,20)14-3-4-16-7-13-15-11(16)8-1-2-8/h5-8,14H,1-4H2,(H,17,18). The highest BCUT2D eigenvalue weighted by atomic mass is 32.2. The summed E-state index contributed by atoms with van der Waals surface area (Å²) in [5, 5.41) is 18.0. The van der Waals surface area contributed by atoms with Gasteiger partial charge in [-0.25, -0.2) is 17.9 Å². The molecule has 2 N–H and O–H groups in total. The van der Waals surface area contributed by atoms with Crippen molar-refractivity contribution in [1.29, 1.82) is 0 Å². The number of thiophene rings is 1. The third kappa shape index (κ3) is 3.18. The molecule has 22 heavy (non-hydrogen) atoms. The first-order chi connectivity index (χ1) is 10.5. The van der Waals surface area contributed by atoms with Gasteiger partial charge in [0.05, 0.1) is 4.90 Å². The lowest BCUT2D eigenvalue weighted by atomic mass is 10.4. The molecule has 0 saturated heterocycles. The number of hydrogen-bond donors (Lipinski definition) is 2. The highest BCUT2D eigenvalue weighted by molar-refractivity contribution is 7.89. The van der Waals surface area contributed by atoms with Crippen molar-refractivity contribution < 1.29 is 18.3 Å². The number of aromatic carboxylic acids is 1. The predicted molar refractivity (Wildman–Crippen MR) is 78.5 cm³/mol. The van der Waals surface area contributed by atoms with E-state index < -0.39 is 16.0 Å². The zero-order valence-corrected chi connectivity index (χ0v) is 13.1. The third-order valence-electron chi connectivity index (χ3n) is 3.33. The SMILES string of the molecule is O=C(O)c1cc(S(=O)(=O)NCCn2cnnc2C2CC2)cs1. The molecule has 1 aliphatic rings. The van der Waals surface area contributed by atoms with Gasteiger partial charge in [0.1, 0.15) is 17.0 Å². The fourth-order valence-electron chi connectivity index (χ4n) is 2.05. The monoisotopic (exact) mass is 342 g/mol. The number of carboxylic acid groups (broad SMARTS) is 1. The molecule has 0 radical (unpaired) electrons. The zero-order valence-electron chi connectivity index (χ0n) is 11.5. The summed E-state index contributed by atoms with van der Waals surface area (Å²) < 4.78 is 28.5. The molecular formula is C12H14N4O4S2. The van der Waals surface area contributed by atoms with Gasteiger partial charge in [0.15, 0.2) is 0 Å². The van der Waals surface area contributed by atoms with Crippen LogP contribution in [0.4, 0.5) is 0 Å². The first-order valence-electron chi connectivity index (χ1n) is 6.66. The topological polar surface area (TPSA) is 114 Å². The van der Waals surface area contributed by atoms with E-state index in [-0.39, 0.29) is 16.3 Å². The van der Waals surface area contributed by atoms with Gasteiger partial charge >= 0.3 is 5.97 Å². The van der Waals surface area contributed by atoms with Crippen molar-refractivity contribution >= 4 is 27.3 Å². The van der Waals surface area contributed by atoms with Crippen LogP contribution in [-0.2, 0) is 16.6 Å². The molecule has 10 heteroatoms. The van der Waals surface area contributed by atoms with E-state index in [4.69, 9.17) is 5.11 Å². The molecule has 3 rings (SSSR count). The summed E-state index contributed by atoms with van der Waals surface area (Å²) in [5.41, 5.74) is 0. The Morgan fingerprint density at radius 1 is 1.50 bits per heavy atom. The van der Waals surface area contributed by atoms with Gasteiger partial charge < -0.3 is 9.67 Å². The Morgan fingerprint density at radius 2 is 2.27 bits per heavy atom. The molecule has 8 nitrogen and oxygen atoms in total. The van der Waals surface area contributed by atoms with Crippen LogP contribution >= 0.6 is 11.3 Å². The lowest BCUT2D eigenvalue weighted by Gasteiger charge is -2.07. The van der Waals surface area contributed by atoms with Crippen LogP contribution in [0.3, 0.4) is 0 Å². The Kier molecular flexibility index (Phi) is 3.98. The van der Waals surface area contributed by atoms with Crippen molar-refractivity contribution in [1.82, 2.24) is 19.5 Å². The number of hydrogen-bond acceptors (Lipinski definition) is 6. The maximum absolute atomic E-state index is 12.1. The molecule has 0 aromatic carbocycles. The van der Waals surface area contributed by atoms with E-state index in [0.717, 1.165) is 36.1 Å². The first-order valence-corrected chi connectivity index (χ1v) is 9.03. The largest absolute Gasteiger partial charge is 0.477 e. The molecule has 0 unspecified atom stereocenters. The van der Waals surface area contributed by atoms with Crippen molar-refractivity contribution in [3.63, 3.8) is 0 Å². The molecule has 2 aromatic heterocycles. The number of nitrogens with zero attached hydrogens (tertiary/aromatic N) is 3. The minimum absolute atomic E-state index is 0.00444. The fraction of sp³-hybridized carbons (Fsp3) is 0.417. The predicted octanol–water partition coefficient (Wildman–Crippen LogP) is 0.894. The van der Waals surface area contributed by atoms with Gasteiger partial charge in [-0.2, -0.15) is 0 Å². The summed E-state index contributed by atoms with van der Waals surface area (Å²) in [5.74, 6) is 0.196. The minimum atomic E-state index is -3.70. The van der Waals surface area contributed by atoms with Crippen molar-refractivity contribution in [2.75, 3.05) is 6.54 Å². The number of rotatable bonds is 7. The first kappa shape index (κ1) is 15.1. The number of nitrogens with one attached hydrogen (secondary N) is 1. The molecule has 2 heterocycles. The molecule has 118 valence electrons. The van der Waals surface area contributed by atoms with Crippen LogP contribution in [0.15, 0.2) is 22.7 Å². The van der Waals surface area contributed by atoms with Crippen molar-refractivity contribution in [3.8, 4) is 0 Å². The van der Waals surface area contributed by atoms with E-state index in [1.54, 1.807) is 6.33 Å². The Labute approximate surface area is 130 Å². The van der Waals surface area contributed by atoms with Gasteiger partial charge in [-0.1, -0.05) is 0 Å². The van der Waals surface area contributed by atoms with Crippen LogP contribution in [-0.4, -0.2) is 40.8 Å². The normalized spacial score (nSPS) is 15.1. The molecular weight excluding hydrogens is 328 g/mol. The summed E-state index contributed by atoms with van der Waals surface area (Å²) >= 11 is 0.886. The second-order valence-electron chi connectivity index (χ2n) is 5.01. The van der Waals surface area contributed by atoms with Crippen LogP contribution in [0.5, 0.6) is 0 Å². The molecule has 2 aromatic rings. The summed E-state index contributed by atoms with van der Waals surface area (Å²) in [6.07, 6.45) is 3.78. The van der Waals surface area contributed by atoms with Crippen molar-refractivity contribution in [2.45, 2.75) is 30.2 Å². The number of carbonyl (C=O) groups is 1. The number of carboxylic acids is 1. The molecule has 0 atom stereocenters. The van der Waals surface area contributed by atoms with Gasteiger partial charge in [-0.3, -0.25) is 0 Å². The fourth-order valence-corrected chi connectivity index (χ4v) is 4.18. The second kappa shape index (κ2) is 5.78. The Morgan fingerprint density at radius 3 is 2.91 bits per heavy atom. The minimum Gasteiger partial charge on any atom is -0.477 e. The maximum Gasteiger partial charge on any atom is 0.345 e. The maximum atomic E-state index is 12.1. The van der Waals surface area contributed by atoms with Crippen molar-refractivity contribution in [3.05, 3.63) is 28.5 Å². The van der Waals surface area contributed by atoms with Crippen LogP contribution in [0.2, 0.25) is 0 Å². The second-order valence-corrected chi connectivity index (χ2v) is 7.68. The van der Waals surface area contributed by atoms with E-state index in [2.05, 4.69) is 14.9 Å². The van der Waals surface area contributed by atoms with E-state index >= 15 is 0 Å². The molecule has 1 aliphatic carbocycles. The third-order valence-corrected chi connectivity index (χ3v) is 5.84. The lowest BCUT2D eigenvalue weighted by Crippen LogP contribution is -2.27. The smallest absolute Gasteiger partial charge is 0.345 e. The zero-order chi connectivity index (χ0) is 15.7. The van der Waals surface area contributed by atoms with Crippen molar-refractivity contribution in [2.24, 2.45) is 0 Å². The Hall–Kier alpha value is -1.78. The molecule has 1 fully saturated rings. The van der Waals surface area contributed by atoms with Gasteiger partial charge in [0.2, 0.25) is 10.0 Å². The van der Waals surface area contributed by atoms with E-state index in [9.17, 15) is 13.2 Å². The molecule has 0 bridgehead atoms. The highest BCUT2D eigenvalue weighted by Crippen LogP contribution is 2.38. The lowest BCUT2D eigenvalue weighted by molar-refractivity contribution is 0.0702. The summed E-state index contributed by atoms with van der Waals surface area (Å²) in [6, 6.07) is 1.16. The van der Waals surface area contributed by atoms with E-state index in [1.807, 2.05) is 4.57 Å². The highest BCUT2D eigenvalue weighted by Gasteiger charge is 2.28. The molecule has 0 amide bonds. The molecule has 1 saturated carbocycles. The summed E-state index contributed by atoms with van der Waals surface area (Å²) in [6.45, 7) is 0.631. The van der Waals surface area contributed by atoms with Gasteiger partial charge in [-0.05, 0) is 18.9 Å². The summed E-state index contributed by atoms with van der Waals surface area (Å²) in [7, 11) is -3.70. The molecule has 0 spiro atoms. The average Bonchev–Trinajstić information content (AvgIpc) is 3.00. The average molecular weight is 342 g/mol. The summed E-state index contributed by atoms with van der Waals surface area (Å²) in [4.78, 5) is 10.8. The quantitative estimate of drug-likeness (QED) is 0.772. The van der Waals surface area contributed by atoms with Crippen LogP contribution in [0.1, 0.15) is 34.3 Å². The molecule has 0 aliphatic heterocycles.